The Hall–Kier alpha value is -4.75. The summed E-state index contributed by atoms with van der Waals surface area (Å²) >= 11 is 0. The number of nitrogens with zero attached hydrogens (tertiary/aromatic N) is 7. The molecule has 0 spiro atoms. The molecule has 1 aliphatic heterocycles. The second-order valence-electron chi connectivity index (χ2n) is 12.0. The number of sulfonamides is 1. The van der Waals surface area contributed by atoms with Gasteiger partial charge in [-0.3, -0.25) is 4.79 Å². The molecular weight excluding hydrogens is 630 g/mol. The van der Waals surface area contributed by atoms with E-state index in [1.165, 1.54) is 23.7 Å². The molecule has 0 fully saturated rings. The first-order chi connectivity index (χ1) is 23.1. The molecule has 2 aromatic carbocycles. The standard InChI is InChI=1S/C35H39N7O5S/c1-6-28-21-41(48(44,45)32-9-8-14-36-34(32)47-28)20-26-16-25(11-10-22(26)3)30(17-27(43)15-24-18-37-35(46-5)38-19-24)29-12-13-31-33(23(29)4)39-40-42(31)7-2/h8-14,16,18-19,28,30H,6-7,15,17,20-21H2,1-5H3/t28-,30+/m1/s1. The SMILES string of the molecule is CC[C@@H]1CN(Cc2cc([C@H](CC(=O)Cc3cnc(OC)nc3)c3ccc4c(nnn4CC)c3C)ccc2C)S(=O)(=O)c2cccnc2O1. The van der Waals surface area contributed by atoms with E-state index in [0.717, 1.165) is 38.9 Å². The van der Waals surface area contributed by atoms with Gasteiger partial charge in [0.1, 0.15) is 22.3 Å². The molecule has 3 aromatic heterocycles. The molecule has 1 aliphatic rings. The minimum absolute atomic E-state index is 0.00902. The van der Waals surface area contributed by atoms with E-state index in [1.54, 1.807) is 18.5 Å². The second kappa shape index (κ2) is 13.8. The van der Waals surface area contributed by atoms with Crippen molar-refractivity contribution in [3.05, 3.63) is 94.4 Å². The number of benzene rings is 2. The zero-order chi connectivity index (χ0) is 34.0. The average Bonchev–Trinajstić information content (AvgIpc) is 3.48. The third-order valence-electron chi connectivity index (χ3n) is 8.97. The molecule has 0 amide bonds. The summed E-state index contributed by atoms with van der Waals surface area (Å²) in [6, 6.07) is 13.5. The molecule has 0 bridgehead atoms. The summed E-state index contributed by atoms with van der Waals surface area (Å²) in [5, 5.41) is 8.78. The predicted octanol–water partition coefficient (Wildman–Crippen LogP) is 4.96. The maximum absolute atomic E-state index is 13.9. The molecule has 12 nitrogen and oxygen atoms in total. The van der Waals surface area contributed by atoms with E-state index in [-0.39, 0.29) is 60.5 Å². The summed E-state index contributed by atoms with van der Waals surface area (Å²) in [6.07, 6.45) is 5.37. The lowest BCUT2D eigenvalue weighted by Gasteiger charge is -2.25. The number of hydrogen-bond acceptors (Lipinski definition) is 10. The van der Waals surface area contributed by atoms with E-state index in [2.05, 4.69) is 25.3 Å². The molecule has 5 aromatic rings. The van der Waals surface area contributed by atoms with Gasteiger partial charge in [0.05, 0.1) is 19.2 Å². The van der Waals surface area contributed by atoms with Gasteiger partial charge in [0.25, 0.3) is 0 Å². The van der Waals surface area contributed by atoms with Crippen LogP contribution in [-0.4, -0.2) is 68.2 Å². The molecular formula is C35H39N7O5S. The Balaban J connectivity index is 1.38. The number of ketones is 1. The first-order valence-corrected chi connectivity index (χ1v) is 17.5. The summed E-state index contributed by atoms with van der Waals surface area (Å²) in [5.74, 6) is -0.191. The third kappa shape index (κ3) is 6.52. The van der Waals surface area contributed by atoms with Crippen LogP contribution in [0.2, 0.25) is 0 Å². The molecule has 13 heteroatoms. The lowest BCUT2D eigenvalue weighted by molar-refractivity contribution is -0.118. The largest absolute Gasteiger partial charge is 0.472 e. The first-order valence-electron chi connectivity index (χ1n) is 16.0. The predicted molar refractivity (Wildman–Crippen MR) is 179 cm³/mol. The Kier molecular flexibility index (Phi) is 9.51. The van der Waals surface area contributed by atoms with Crippen LogP contribution in [0.5, 0.6) is 11.9 Å². The fraction of sp³-hybridized carbons (Fsp3) is 0.371. The van der Waals surface area contributed by atoms with Gasteiger partial charge in [-0.1, -0.05) is 36.4 Å². The monoisotopic (exact) mass is 669 g/mol. The topological polar surface area (TPSA) is 142 Å². The Morgan fingerprint density at radius 1 is 1.08 bits per heavy atom. The van der Waals surface area contributed by atoms with Gasteiger partial charge in [0.15, 0.2) is 0 Å². The van der Waals surface area contributed by atoms with E-state index in [1.807, 2.05) is 62.7 Å². The second-order valence-corrected chi connectivity index (χ2v) is 13.9. The first kappa shape index (κ1) is 33.2. The molecule has 250 valence electrons. The normalized spacial score (nSPS) is 16.6. The Morgan fingerprint density at radius 2 is 1.88 bits per heavy atom. The van der Waals surface area contributed by atoms with Gasteiger partial charge in [0.2, 0.25) is 15.9 Å². The number of rotatable bonds is 11. The van der Waals surface area contributed by atoms with Gasteiger partial charge >= 0.3 is 6.01 Å². The van der Waals surface area contributed by atoms with Crippen molar-refractivity contribution in [2.24, 2.45) is 0 Å². The summed E-state index contributed by atoms with van der Waals surface area (Å²) in [6.45, 7) is 8.98. The van der Waals surface area contributed by atoms with Gasteiger partial charge in [0, 0.05) is 50.4 Å². The highest BCUT2D eigenvalue weighted by atomic mass is 32.2. The number of fused-ring (bicyclic) bond motifs is 2. The lowest BCUT2D eigenvalue weighted by atomic mass is 9.82. The number of aryl methyl sites for hydroxylation is 3. The quantitative estimate of drug-likeness (QED) is 0.189. The van der Waals surface area contributed by atoms with Crippen LogP contribution in [0.15, 0.2) is 66.0 Å². The van der Waals surface area contributed by atoms with Crippen LogP contribution in [-0.2, 0) is 34.3 Å². The van der Waals surface area contributed by atoms with E-state index in [0.29, 0.717) is 18.5 Å². The van der Waals surface area contributed by atoms with Crippen molar-refractivity contribution < 1.29 is 22.7 Å². The summed E-state index contributed by atoms with van der Waals surface area (Å²) < 4.78 is 42.3. The van der Waals surface area contributed by atoms with E-state index < -0.39 is 10.0 Å². The number of Topliss-reactive ketones (excluding diaryl/α,β-unsaturated/α-hetero) is 1. The number of hydrogen-bond donors (Lipinski definition) is 0. The van der Waals surface area contributed by atoms with Crippen LogP contribution in [0.25, 0.3) is 11.0 Å². The molecule has 0 saturated heterocycles. The van der Waals surface area contributed by atoms with Crippen LogP contribution in [0.4, 0.5) is 0 Å². The Bertz CT molecular complexity index is 2060. The van der Waals surface area contributed by atoms with Crippen molar-refractivity contribution in [2.75, 3.05) is 13.7 Å². The summed E-state index contributed by atoms with van der Waals surface area (Å²) in [7, 11) is -2.41. The van der Waals surface area contributed by atoms with Crippen molar-refractivity contribution in [2.45, 2.75) is 77.0 Å². The molecule has 6 rings (SSSR count). The van der Waals surface area contributed by atoms with Crippen LogP contribution in [0.1, 0.15) is 66.0 Å². The maximum atomic E-state index is 13.9. The highest BCUT2D eigenvalue weighted by molar-refractivity contribution is 7.89. The van der Waals surface area contributed by atoms with Gasteiger partial charge in [-0.25, -0.2) is 28.1 Å². The molecule has 48 heavy (non-hydrogen) atoms. The number of ether oxygens (including phenoxy) is 2. The van der Waals surface area contributed by atoms with Crippen molar-refractivity contribution in [3.63, 3.8) is 0 Å². The molecule has 2 atom stereocenters. The van der Waals surface area contributed by atoms with Crippen molar-refractivity contribution >= 4 is 26.8 Å². The zero-order valence-corrected chi connectivity index (χ0v) is 28.6. The number of carbonyl (C=O) groups excluding carboxylic acids is 1. The average molecular weight is 670 g/mol. The van der Waals surface area contributed by atoms with Crippen molar-refractivity contribution in [3.8, 4) is 11.9 Å². The van der Waals surface area contributed by atoms with Crippen LogP contribution in [0, 0.1) is 13.8 Å². The molecule has 0 saturated carbocycles. The number of carbonyl (C=O) groups is 1. The molecule has 0 aliphatic carbocycles. The van der Waals surface area contributed by atoms with Gasteiger partial charge in [-0.05, 0) is 78.8 Å². The Morgan fingerprint density at radius 3 is 2.60 bits per heavy atom. The van der Waals surface area contributed by atoms with Crippen LogP contribution >= 0.6 is 0 Å². The van der Waals surface area contributed by atoms with Crippen LogP contribution in [0.3, 0.4) is 0 Å². The Labute approximate surface area is 280 Å². The molecule has 0 radical (unpaired) electrons. The van der Waals surface area contributed by atoms with Crippen LogP contribution < -0.4 is 9.47 Å². The van der Waals surface area contributed by atoms with E-state index >= 15 is 0 Å². The number of methoxy groups -OCH3 is 1. The maximum Gasteiger partial charge on any atom is 0.316 e. The minimum Gasteiger partial charge on any atom is -0.472 e. The van der Waals surface area contributed by atoms with Crippen molar-refractivity contribution in [1.29, 1.82) is 0 Å². The fourth-order valence-corrected chi connectivity index (χ4v) is 7.74. The number of aromatic nitrogens is 6. The highest BCUT2D eigenvalue weighted by Gasteiger charge is 2.35. The third-order valence-corrected chi connectivity index (χ3v) is 10.8. The van der Waals surface area contributed by atoms with Gasteiger partial charge in [-0.15, -0.1) is 5.10 Å². The molecule has 0 N–H and O–H groups in total. The molecule has 0 unspecified atom stereocenters. The van der Waals surface area contributed by atoms with E-state index in [4.69, 9.17) is 9.47 Å². The zero-order valence-electron chi connectivity index (χ0n) is 27.8. The smallest absolute Gasteiger partial charge is 0.316 e. The minimum atomic E-state index is -3.90. The van der Waals surface area contributed by atoms with Gasteiger partial charge < -0.3 is 9.47 Å². The summed E-state index contributed by atoms with van der Waals surface area (Å²) in [4.78, 5) is 26.3. The summed E-state index contributed by atoms with van der Waals surface area (Å²) in [5.41, 5.74) is 7.00. The van der Waals surface area contributed by atoms with Crippen molar-refractivity contribution in [1.82, 2.24) is 34.3 Å². The van der Waals surface area contributed by atoms with Gasteiger partial charge in [-0.2, -0.15) is 4.31 Å². The fourth-order valence-electron chi connectivity index (χ4n) is 6.22. The molecule has 4 heterocycles. The number of pyridine rings is 1. The van der Waals surface area contributed by atoms with E-state index in [9.17, 15) is 13.2 Å². The lowest BCUT2D eigenvalue weighted by Crippen LogP contribution is -2.36. The highest BCUT2D eigenvalue weighted by Crippen LogP contribution is 2.36.